The third-order valence-electron chi connectivity index (χ3n) is 5.03. The lowest BCUT2D eigenvalue weighted by Crippen LogP contribution is -2.39. The van der Waals surface area contributed by atoms with E-state index in [1.807, 2.05) is 6.92 Å². The third kappa shape index (κ3) is 3.44. The number of aliphatic carboxylic acids is 1. The summed E-state index contributed by atoms with van der Waals surface area (Å²) in [5.41, 5.74) is -0.477. The second-order valence-corrected chi connectivity index (χ2v) is 6.55. The van der Waals surface area contributed by atoms with Crippen LogP contribution >= 0.6 is 0 Å². The molecule has 1 heterocycles. The summed E-state index contributed by atoms with van der Waals surface area (Å²) in [6.07, 6.45) is 6.93. The molecule has 2 amide bonds. The van der Waals surface area contributed by atoms with E-state index >= 15 is 0 Å². The first-order valence-corrected chi connectivity index (χ1v) is 8.05. The minimum atomic E-state index is -0.870. The molecule has 2 aliphatic rings. The summed E-state index contributed by atoms with van der Waals surface area (Å²) in [7, 11) is 0. The van der Waals surface area contributed by atoms with Crippen LogP contribution in [0.15, 0.2) is 0 Å². The Morgan fingerprint density at radius 1 is 1.24 bits per heavy atom. The fourth-order valence-electron chi connectivity index (χ4n) is 3.68. The normalized spacial score (nSPS) is 23.4. The zero-order chi connectivity index (χ0) is 15.5. The highest BCUT2D eigenvalue weighted by atomic mass is 16.4. The van der Waals surface area contributed by atoms with Gasteiger partial charge in [0.05, 0.1) is 5.41 Å². The standard InChI is InChI=1S/C16H25NO4/c1-2-12(9-14(19)20)11-17-13(18)10-16(15(17)21)7-5-3-4-6-8-16/h12H,2-11H2,1H3,(H,19,20). The van der Waals surface area contributed by atoms with Crippen molar-refractivity contribution in [1.29, 1.82) is 0 Å². The molecule has 1 N–H and O–H groups in total. The van der Waals surface area contributed by atoms with Crippen LogP contribution in [0.1, 0.15) is 64.7 Å². The van der Waals surface area contributed by atoms with Crippen molar-refractivity contribution in [2.24, 2.45) is 11.3 Å². The molecule has 2 rings (SSSR count). The number of carbonyl (C=O) groups excluding carboxylic acids is 2. The number of nitrogens with zero attached hydrogens (tertiary/aromatic N) is 1. The molecule has 21 heavy (non-hydrogen) atoms. The Bertz CT molecular complexity index is 424. The number of rotatable bonds is 5. The van der Waals surface area contributed by atoms with E-state index < -0.39 is 11.4 Å². The number of carboxylic acids is 1. The van der Waals surface area contributed by atoms with Crippen LogP contribution in [0.2, 0.25) is 0 Å². The number of carbonyl (C=O) groups is 3. The van der Waals surface area contributed by atoms with E-state index in [0.717, 1.165) is 38.5 Å². The molecule has 0 aromatic carbocycles. The predicted molar refractivity (Wildman–Crippen MR) is 77.5 cm³/mol. The minimum Gasteiger partial charge on any atom is -0.481 e. The summed E-state index contributed by atoms with van der Waals surface area (Å²) < 4.78 is 0. The molecular formula is C16H25NO4. The van der Waals surface area contributed by atoms with E-state index in [1.165, 1.54) is 4.90 Å². The van der Waals surface area contributed by atoms with Crippen LogP contribution in [-0.2, 0) is 14.4 Å². The third-order valence-corrected chi connectivity index (χ3v) is 5.03. The molecule has 0 radical (unpaired) electrons. The van der Waals surface area contributed by atoms with Gasteiger partial charge in [-0.15, -0.1) is 0 Å². The number of hydrogen-bond donors (Lipinski definition) is 1. The highest BCUT2D eigenvalue weighted by Crippen LogP contribution is 2.44. The molecule has 1 aliphatic heterocycles. The second kappa shape index (κ2) is 6.58. The summed E-state index contributed by atoms with van der Waals surface area (Å²) in [5, 5.41) is 8.91. The van der Waals surface area contributed by atoms with Crippen molar-refractivity contribution in [3.8, 4) is 0 Å². The van der Waals surface area contributed by atoms with Gasteiger partial charge in [-0.05, 0) is 18.8 Å². The molecule has 1 saturated carbocycles. The lowest BCUT2D eigenvalue weighted by Gasteiger charge is -2.26. The Balaban J connectivity index is 2.08. The average Bonchev–Trinajstić information content (AvgIpc) is 2.62. The Kier molecular flexibility index (Phi) is 5.01. The average molecular weight is 295 g/mol. The monoisotopic (exact) mass is 295 g/mol. The van der Waals surface area contributed by atoms with E-state index in [2.05, 4.69) is 0 Å². The quantitative estimate of drug-likeness (QED) is 0.791. The first-order valence-electron chi connectivity index (χ1n) is 8.05. The molecule has 0 aromatic heterocycles. The lowest BCUT2D eigenvalue weighted by atomic mass is 9.79. The van der Waals surface area contributed by atoms with Crippen LogP contribution in [-0.4, -0.2) is 34.3 Å². The van der Waals surface area contributed by atoms with E-state index in [9.17, 15) is 14.4 Å². The second-order valence-electron chi connectivity index (χ2n) is 6.55. The summed E-state index contributed by atoms with van der Waals surface area (Å²) in [6, 6.07) is 0. The summed E-state index contributed by atoms with van der Waals surface area (Å²) in [6.45, 7) is 2.17. The summed E-state index contributed by atoms with van der Waals surface area (Å²) in [4.78, 5) is 37.2. The van der Waals surface area contributed by atoms with Crippen LogP contribution in [0.3, 0.4) is 0 Å². The van der Waals surface area contributed by atoms with Gasteiger partial charge < -0.3 is 5.11 Å². The zero-order valence-electron chi connectivity index (χ0n) is 12.8. The summed E-state index contributed by atoms with van der Waals surface area (Å²) >= 11 is 0. The zero-order valence-corrected chi connectivity index (χ0v) is 12.8. The van der Waals surface area contributed by atoms with Gasteiger partial charge in [0.15, 0.2) is 0 Å². The Morgan fingerprint density at radius 2 is 1.86 bits per heavy atom. The summed E-state index contributed by atoms with van der Waals surface area (Å²) in [5.74, 6) is -1.16. The van der Waals surface area contributed by atoms with Gasteiger partial charge >= 0.3 is 5.97 Å². The van der Waals surface area contributed by atoms with Crippen LogP contribution in [0.4, 0.5) is 0 Å². The molecule has 0 bridgehead atoms. The van der Waals surface area contributed by atoms with E-state index in [4.69, 9.17) is 5.11 Å². The molecule has 0 aromatic rings. The van der Waals surface area contributed by atoms with Gasteiger partial charge in [-0.3, -0.25) is 19.3 Å². The Hall–Kier alpha value is -1.39. The maximum atomic E-state index is 12.7. The highest BCUT2D eigenvalue weighted by Gasteiger charge is 2.51. The van der Waals surface area contributed by atoms with E-state index in [-0.39, 0.29) is 30.7 Å². The minimum absolute atomic E-state index is 0.0144. The SMILES string of the molecule is CCC(CC(=O)O)CN1C(=O)CC2(CCCCCC2)C1=O. The number of likely N-dealkylation sites (tertiary alicyclic amines) is 1. The van der Waals surface area contributed by atoms with Crippen molar-refractivity contribution >= 4 is 17.8 Å². The fourth-order valence-corrected chi connectivity index (χ4v) is 3.68. The van der Waals surface area contributed by atoms with Crippen molar-refractivity contribution in [3.63, 3.8) is 0 Å². The Morgan fingerprint density at radius 3 is 2.38 bits per heavy atom. The molecule has 1 unspecified atom stereocenters. The van der Waals surface area contributed by atoms with Crippen molar-refractivity contribution in [2.45, 2.75) is 64.7 Å². The molecule has 5 heteroatoms. The lowest BCUT2D eigenvalue weighted by molar-refractivity contribution is -0.145. The Labute approximate surface area is 125 Å². The van der Waals surface area contributed by atoms with Crippen molar-refractivity contribution in [2.75, 3.05) is 6.54 Å². The van der Waals surface area contributed by atoms with Gasteiger partial charge in [-0.25, -0.2) is 0 Å². The number of hydrogen-bond acceptors (Lipinski definition) is 3. The van der Waals surface area contributed by atoms with E-state index in [0.29, 0.717) is 12.8 Å². The molecule has 2 fully saturated rings. The first-order chi connectivity index (χ1) is 9.98. The van der Waals surface area contributed by atoms with Crippen LogP contribution in [0.5, 0.6) is 0 Å². The molecule has 1 atom stereocenters. The topological polar surface area (TPSA) is 74.7 Å². The number of amides is 2. The van der Waals surface area contributed by atoms with Crippen molar-refractivity contribution < 1.29 is 19.5 Å². The van der Waals surface area contributed by atoms with Gasteiger partial charge in [-0.2, -0.15) is 0 Å². The maximum Gasteiger partial charge on any atom is 0.303 e. The largest absolute Gasteiger partial charge is 0.481 e. The molecule has 5 nitrogen and oxygen atoms in total. The van der Waals surface area contributed by atoms with Crippen LogP contribution in [0.25, 0.3) is 0 Å². The highest BCUT2D eigenvalue weighted by molar-refractivity contribution is 6.05. The van der Waals surface area contributed by atoms with E-state index in [1.54, 1.807) is 0 Å². The molecule has 1 spiro atoms. The van der Waals surface area contributed by atoms with Gasteiger partial charge in [0.25, 0.3) is 0 Å². The predicted octanol–water partition coefficient (Wildman–Crippen LogP) is 2.59. The van der Waals surface area contributed by atoms with Crippen molar-refractivity contribution in [1.82, 2.24) is 4.90 Å². The molecule has 118 valence electrons. The van der Waals surface area contributed by atoms with Crippen LogP contribution < -0.4 is 0 Å². The molecule has 1 saturated heterocycles. The number of carboxylic acid groups (broad SMARTS) is 1. The first kappa shape index (κ1) is 16.0. The number of imide groups is 1. The molecule has 1 aliphatic carbocycles. The van der Waals surface area contributed by atoms with Gasteiger partial charge in [0.1, 0.15) is 0 Å². The van der Waals surface area contributed by atoms with Gasteiger partial charge in [0.2, 0.25) is 11.8 Å². The molecular weight excluding hydrogens is 270 g/mol. The van der Waals surface area contributed by atoms with Crippen molar-refractivity contribution in [3.05, 3.63) is 0 Å². The fraction of sp³-hybridized carbons (Fsp3) is 0.812. The van der Waals surface area contributed by atoms with Gasteiger partial charge in [-0.1, -0.05) is 39.0 Å². The maximum absolute atomic E-state index is 12.7. The van der Waals surface area contributed by atoms with Gasteiger partial charge in [0, 0.05) is 19.4 Å². The van der Waals surface area contributed by atoms with Crippen LogP contribution in [0, 0.1) is 11.3 Å². The smallest absolute Gasteiger partial charge is 0.303 e.